The maximum Gasteiger partial charge on any atom is 0.475 e. The Morgan fingerprint density at radius 1 is 0.571 bits per heavy atom. The molecule has 6 fully saturated rings. The van der Waals surface area contributed by atoms with Crippen molar-refractivity contribution in [1.29, 1.82) is 21.0 Å². The summed E-state index contributed by atoms with van der Waals surface area (Å²) in [6.07, 6.45) is 12.7. The van der Waals surface area contributed by atoms with E-state index < -0.39 is 86.7 Å². The third-order valence-corrected chi connectivity index (χ3v) is 29.6. The first-order valence-electron chi connectivity index (χ1n) is 41.2. The molecule has 9 N–H and O–H groups in total. The van der Waals surface area contributed by atoms with Gasteiger partial charge < -0.3 is 60.4 Å². The molecule has 660 valence electrons. The molecule has 1 atom stereocenters. The molecule has 0 radical (unpaired) electrons. The molecular formula is C80H126N17O18P3S. The van der Waals surface area contributed by atoms with Gasteiger partial charge in [0.15, 0.2) is 0 Å². The zero-order valence-corrected chi connectivity index (χ0v) is 74.6. The van der Waals surface area contributed by atoms with E-state index in [4.69, 9.17) is 70.4 Å². The van der Waals surface area contributed by atoms with Crippen LogP contribution < -0.4 is 10.6 Å². The molecule has 8 aliphatic rings. The molecule has 5 heterocycles. The number of phosphoric acid groups is 2. The number of amides is 2. The molecule has 35 nitrogen and oxygen atoms in total. The summed E-state index contributed by atoms with van der Waals surface area (Å²) in [5, 5.41) is 127. The van der Waals surface area contributed by atoms with Gasteiger partial charge >= 0.3 is 15.6 Å². The van der Waals surface area contributed by atoms with E-state index in [1.807, 2.05) is 90.1 Å². The summed E-state index contributed by atoms with van der Waals surface area (Å²) in [6, 6.07) is 18.2. The van der Waals surface area contributed by atoms with E-state index in [1.165, 1.54) is 20.8 Å². The summed E-state index contributed by atoms with van der Waals surface area (Å²) in [5.41, 5.74) is -3.55. The van der Waals surface area contributed by atoms with Gasteiger partial charge in [-0.1, -0.05) is 54.2 Å². The number of aromatic nitrogens is 4. The van der Waals surface area contributed by atoms with E-state index in [2.05, 4.69) is 85.4 Å². The number of rotatable bonds is 32. The molecule has 4 spiro atoms. The highest BCUT2D eigenvalue weighted by molar-refractivity contribution is 7.98. The summed E-state index contributed by atoms with van der Waals surface area (Å²) in [4.78, 5) is 33.9. The molecule has 4 saturated carbocycles. The number of carbonyl (C=O) groups excluding carboxylic acids is 2. The van der Waals surface area contributed by atoms with Crippen LogP contribution in [0.2, 0.25) is 0 Å². The van der Waals surface area contributed by atoms with Gasteiger partial charge in [-0.2, -0.15) is 46.5 Å². The van der Waals surface area contributed by atoms with Crippen LogP contribution in [0.15, 0.2) is 58.8 Å². The highest BCUT2D eigenvalue weighted by Crippen LogP contribution is 2.59. The number of piperidine rings is 2. The molecule has 10 rings (SSSR count). The van der Waals surface area contributed by atoms with Gasteiger partial charge in [-0.3, -0.25) is 36.7 Å². The van der Waals surface area contributed by atoms with Crippen molar-refractivity contribution in [1.82, 2.24) is 56.2 Å². The Morgan fingerprint density at radius 3 is 1.23 bits per heavy atom. The quantitative estimate of drug-likeness (QED) is 0.0142. The maximum atomic E-state index is 14.0. The fraction of sp³-hybridized carbons (Fsp3) is 0.762. The SMILES string of the molecule is CC(C)N(C(C)C)P(OCCC#N)OCCC#N.CC1(C)C=C(C(=O)NC2CC3(CCC(O)CC3)N(O)C3(CCC(O)CC3)C2)C(C)(C)N1O.[C-]#[N+]CCOP(=O)(OCC[N+]#[C-])OC1CCC2(CC1)CC(NC(=O)C1=CC(C)(C)N(O)C1(C)C)CC1(CCC(OP(=O)(OCCC#N)OCCC#N)CC1)N2O.c1ccc(CSc2nn[nH]n2)cc1. The van der Waals surface area contributed by atoms with E-state index in [0.29, 0.717) is 183 Å². The van der Waals surface area contributed by atoms with Crippen molar-refractivity contribution in [2.75, 3.05) is 52.7 Å². The molecule has 119 heavy (non-hydrogen) atoms. The number of hydrogen-bond donors (Lipinski definition) is 9. The standard InChI is InChI=1S/C36H55N7O11P2.C24H41N3O5.C12H22N3O2P.C8H8N4S/c1-33(2)27-31(34(3,4)42(33)45)32(44)41-28-25-35(13-9-29(10-14-35)53-55(47,49-21-7-17-37)50-22-8-18-38)43(46)36(26-28)15-11-30(12-16-36)54-56(48,51-23-19-39-5)52-24-20-40-6;1-21(2)15-19(22(3,4)26(21)31)20(30)25-16-13-23(9-5-17(28)6-10-23)27(32)24(14-16)11-7-18(29)8-12-24;1-11(2)15(12(3)4)18(16-9-5-7-13)17-10-6-8-14;1-2-4-7(5-3-1)6-13-8-9-11-12-10-8/h27-30,45-46H,7-16,19-26H2,1-4H3,(H,41,44);15-18,28-29,31-32H,5-14H2,1-4H3,(H,25,30);11-12H,5-6,9-10H2,1-4H3;1-5H,6H2,(H,9,10,11,12). The van der Waals surface area contributed by atoms with Crippen molar-refractivity contribution in [3.63, 3.8) is 0 Å². The maximum absolute atomic E-state index is 14.0. The normalized spacial score (nSPS) is 27.9. The number of carbonyl (C=O) groups is 2. The summed E-state index contributed by atoms with van der Waals surface area (Å²) in [6.45, 7) is 36.9. The van der Waals surface area contributed by atoms with Gasteiger partial charge in [-0.15, -0.1) is 10.2 Å². The Kier molecular flexibility index (Phi) is 38.0. The summed E-state index contributed by atoms with van der Waals surface area (Å²) in [7, 11) is -9.41. The third kappa shape index (κ3) is 27.1. The third-order valence-electron chi connectivity index (χ3n) is 23.4. The zero-order valence-electron chi connectivity index (χ0n) is 71.1. The fourth-order valence-electron chi connectivity index (χ4n) is 17.8. The number of aromatic amines is 1. The van der Waals surface area contributed by atoms with E-state index in [-0.39, 0.29) is 82.4 Å². The Morgan fingerprint density at radius 2 is 0.916 bits per heavy atom. The van der Waals surface area contributed by atoms with Crippen LogP contribution in [0.25, 0.3) is 9.69 Å². The topological polar surface area (TPSA) is 462 Å². The minimum atomic E-state index is -4.11. The van der Waals surface area contributed by atoms with Crippen molar-refractivity contribution in [3.05, 3.63) is 82.0 Å². The van der Waals surface area contributed by atoms with Gasteiger partial charge in [0.05, 0.1) is 123 Å². The van der Waals surface area contributed by atoms with Crippen LogP contribution in [0.4, 0.5) is 0 Å². The predicted molar refractivity (Wildman–Crippen MR) is 440 cm³/mol. The van der Waals surface area contributed by atoms with E-state index in [0.717, 1.165) is 5.75 Å². The number of benzene rings is 1. The Bertz CT molecular complexity index is 3800. The van der Waals surface area contributed by atoms with Crippen molar-refractivity contribution in [3.8, 4) is 24.3 Å². The van der Waals surface area contributed by atoms with Gasteiger partial charge in [-0.25, -0.2) is 26.9 Å². The summed E-state index contributed by atoms with van der Waals surface area (Å²) in [5.74, 6) is 0.378. The van der Waals surface area contributed by atoms with Gasteiger partial charge in [0.2, 0.25) is 30.1 Å². The Hall–Kier alpha value is -5.87. The molecule has 4 aliphatic carbocycles. The number of aliphatic hydroxyl groups is 2. The van der Waals surface area contributed by atoms with Crippen LogP contribution in [-0.2, 0) is 60.7 Å². The van der Waals surface area contributed by atoms with Gasteiger partial charge in [0, 0.05) is 63.2 Å². The molecule has 1 aromatic carbocycles. The Labute approximate surface area is 707 Å². The number of hydroxylamine groups is 8. The van der Waals surface area contributed by atoms with Crippen molar-refractivity contribution >= 4 is 47.7 Å². The minimum Gasteiger partial charge on any atom is -0.393 e. The predicted octanol–water partition coefficient (Wildman–Crippen LogP) is 13.7. The first kappa shape index (κ1) is 100. The second-order valence-corrected chi connectivity index (χ2v) is 40.1. The number of nitriles is 4. The second-order valence-electron chi connectivity index (χ2n) is 34.5. The molecule has 39 heteroatoms. The molecule has 2 aromatic rings. The molecular weight excluding hydrogens is 1610 g/mol. The lowest BCUT2D eigenvalue weighted by Crippen LogP contribution is -2.69. The minimum absolute atomic E-state index is 0.0345. The van der Waals surface area contributed by atoms with Crippen LogP contribution in [0.1, 0.15) is 243 Å². The number of nitrogens with zero attached hydrogens (tertiary/aromatic N) is 14. The number of hydrogen-bond acceptors (Lipinski definition) is 31. The largest absolute Gasteiger partial charge is 0.475 e. The lowest BCUT2D eigenvalue weighted by atomic mass is 9.64. The highest BCUT2D eigenvalue weighted by atomic mass is 32.2. The molecule has 2 saturated heterocycles. The van der Waals surface area contributed by atoms with Crippen LogP contribution in [-0.4, -0.2) is 234 Å². The molecule has 4 aliphatic heterocycles. The summed E-state index contributed by atoms with van der Waals surface area (Å²) >= 11 is 1.56. The Balaban J connectivity index is 0.000000256. The van der Waals surface area contributed by atoms with E-state index >= 15 is 0 Å². The number of phosphoric ester groups is 2. The number of thioether (sulfide) groups is 1. The van der Waals surface area contributed by atoms with Crippen molar-refractivity contribution in [2.45, 2.75) is 341 Å². The lowest BCUT2D eigenvalue weighted by Gasteiger charge is -2.60. The smallest absolute Gasteiger partial charge is 0.393 e. The van der Waals surface area contributed by atoms with E-state index in [1.54, 1.807) is 36.7 Å². The number of tetrazole rings is 1. The first-order chi connectivity index (χ1) is 56.2. The molecule has 2 amide bonds. The zero-order chi connectivity index (χ0) is 87.7. The number of H-pyrrole nitrogens is 1. The van der Waals surface area contributed by atoms with Crippen LogP contribution in [0, 0.1) is 58.5 Å². The van der Waals surface area contributed by atoms with Gasteiger partial charge in [0.25, 0.3) is 8.53 Å². The first-order valence-corrected chi connectivity index (χ1v) is 46.2. The van der Waals surface area contributed by atoms with Gasteiger partial charge in [0.1, 0.15) is 13.2 Å². The number of aliphatic hydroxyl groups excluding tert-OH is 2. The number of nitrogens with one attached hydrogen (secondary N) is 3. The average molecular weight is 1740 g/mol. The van der Waals surface area contributed by atoms with Gasteiger partial charge in [-0.05, 0) is 222 Å². The molecule has 0 bridgehead atoms. The lowest BCUT2D eigenvalue weighted by molar-refractivity contribution is -0.286. The van der Waals surface area contributed by atoms with Crippen molar-refractivity contribution < 1.29 is 86.0 Å². The highest BCUT2D eigenvalue weighted by Gasteiger charge is 2.60. The average Bonchev–Trinajstić information content (AvgIpc) is 1.66. The fourth-order valence-corrected chi connectivity index (χ4v) is 22.9. The monoisotopic (exact) mass is 1740 g/mol. The summed E-state index contributed by atoms with van der Waals surface area (Å²) < 4.78 is 73.9. The molecule has 1 aromatic heterocycles. The molecule has 1 unspecified atom stereocenters. The second kappa shape index (κ2) is 45.2. The van der Waals surface area contributed by atoms with Crippen molar-refractivity contribution in [2.24, 2.45) is 0 Å². The van der Waals surface area contributed by atoms with Crippen LogP contribution in [0.5, 0.6) is 0 Å². The van der Waals surface area contributed by atoms with Crippen LogP contribution >= 0.6 is 35.9 Å². The van der Waals surface area contributed by atoms with Crippen LogP contribution in [0.3, 0.4) is 0 Å². The van der Waals surface area contributed by atoms with E-state index in [9.17, 15) is 49.8 Å².